The highest BCUT2D eigenvalue weighted by molar-refractivity contribution is 7.86. The maximum atomic E-state index is 12.2. The number of carboxylic acid groups (broad SMARTS) is 1. The fourth-order valence-corrected chi connectivity index (χ4v) is 4.29. The Kier molecular flexibility index (Phi) is 5.54. The standard InChI is InChI=1S/C18H22N4O4S/c1-21(2)27(25,26)22-8-7-13(12-22)9-16-10-20-17(11-19-16)14-3-5-15(6-4-14)18(23)24/h3-6,10-11,13H,7-9,12H2,1-2H3,(H,23,24)/t13-/m1/s1. The summed E-state index contributed by atoms with van der Waals surface area (Å²) in [5.74, 6) is -0.750. The van der Waals surface area contributed by atoms with E-state index >= 15 is 0 Å². The van der Waals surface area contributed by atoms with Crippen LogP contribution in [0.2, 0.25) is 0 Å². The van der Waals surface area contributed by atoms with Gasteiger partial charge in [0, 0.05) is 38.9 Å². The molecule has 0 saturated carbocycles. The normalized spacial score (nSPS) is 18.1. The Morgan fingerprint density at radius 1 is 1.22 bits per heavy atom. The zero-order valence-corrected chi connectivity index (χ0v) is 16.1. The van der Waals surface area contributed by atoms with Crippen molar-refractivity contribution < 1.29 is 18.3 Å². The van der Waals surface area contributed by atoms with Gasteiger partial charge in [0.25, 0.3) is 10.2 Å². The van der Waals surface area contributed by atoms with Crippen LogP contribution in [0.25, 0.3) is 11.3 Å². The first-order valence-corrected chi connectivity index (χ1v) is 9.99. The minimum atomic E-state index is -3.37. The number of aromatic carboxylic acids is 1. The Hall–Kier alpha value is -2.36. The molecule has 3 rings (SSSR count). The van der Waals surface area contributed by atoms with Crippen molar-refractivity contribution in [3.63, 3.8) is 0 Å². The summed E-state index contributed by atoms with van der Waals surface area (Å²) < 4.78 is 27.1. The molecular formula is C18H22N4O4S. The number of carbonyl (C=O) groups is 1. The highest BCUT2D eigenvalue weighted by Gasteiger charge is 2.32. The van der Waals surface area contributed by atoms with Crippen LogP contribution in [0, 0.1) is 5.92 Å². The van der Waals surface area contributed by atoms with Crippen LogP contribution in [-0.2, 0) is 16.6 Å². The van der Waals surface area contributed by atoms with Crippen molar-refractivity contribution in [2.24, 2.45) is 5.92 Å². The zero-order valence-electron chi connectivity index (χ0n) is 15.2. The Bertz CT molecular complexity index is 911. The van der Waals surface area contributed by atoms with E-state index in [2.05, 4.69) is 9.97 Å². The molecule has 1 N–H and O–H groups in total. The van der Waals surface area contributed by atoms with E-state index in [0.717, 1.165) is 17.7 Å². The Labute approximate surface area is 158 Å². The number of rotatable bonds is 6. The van der Waals surface area contributed by atoms with Gasteiger partial charge in [-0.2, -0.15) is 17.0 Å². The summed E-state index contributed by atoms with van der Waals surface area (Å²) in [6, 6.07) is 6.47. The summed E-state index contributed by atoms with van der Waals surface area (Å²) in [5, 5.41) is 8.95. The third-order valence-corrected chi connectivity index (χ3v) is 6.57. The number of benzene rings is 1. The van der Waals surface area contributed by atoms with E-state index in [1.807, 2.05) is 0 Å². The van der Waals surface area contributed by atoms with Crippen LogP contribution in [0.4, 0.5) is 0 Å². The van der Waals surface area contributed by atoms with Crippen LogP contribution >= 0.6 is 0 Å². The number of hydrogen-bond acceptors (Lipinski definition) is 5. The van der Waals surface area contributed by atoms with Gasteiger partial charge in [-0.1, -0.05) is 12.1 Å². The molecule has 1 fully saturated rings. The second-order valence-corrected chi connectivity index (χ2v) is 8.92. The summed E-state index contributed by atoms with van der Waals surface area (Å²) in [6.45, 7) is 1.01. The molecule has 1 atom stereocenters. The molecule has 144 valence electrons. The molecule has 1 aromatic heterocycles. The van der Waals surface area contributed by atoms with E-state index in [4.69, 9.17) is 5.11 Å². The van der Waals surface area contributed by atoms with Crippen molar-refractivity contribution >= 4 is 16.2 Å². The molecule has 0 unspecified atom stereocenters. The van der Waals surface area contributed by atoms with E-state index < -0.39 is 16.2 Å². The lowest BCUT2D eigenvalue weighted by Gasteiger charge is -2.20. The van der Waals surface area contributed by atoms with Gasteiger partial charge in [-0.05, 0) is 30.9 Å². The van der Waals surface area contributed by atoms with Gasteiger partial charge in [0.15, 0.2) is 0 Å². The van der Waals surface area contributed by atoms with Crippen LogP contribution in [-0.4, -0.2) is 65.3 Å². The van der Waals surface area contributed by atoms with E-state index in [9.17, 15) is 13.2 Å². The van der Waals surface area contributed by atoms with E-state index in [-0.39, 0.29) is 11.5 Å². The summed E-state index contributed by atoms with van der Waals surface area (Å²) in [4.78, 5) is 19.8. The molecule has 1 saturated heterocycles. The zero-order chi connectivity index (χ0) is 19.6. The molecule has 0 bridgehead atoms. The maximum Gasteiger partial charge on any atom is 0.335 e. The fourth-order valence-electron chi connectivity index (χ4n) is 3.09. The van der Waals surface area contributed by atoms with Gasteiger partial charge in [0.1, 0.15) is 0 Å². The average Bonchev–Trinajstić information content (AvgIpc) is 3.11. The van der Waals surface area contributed by atoms with Crippen molar-refractivity contribution in [2.75, 3.05) is 27.2 Å². The van der Waals surface area contributed by atoms with Gasteiger partial charge in [-0.25, -0.2) is 4.79 Å². The number of carboxylic acids is 1. The second-order valence-electron chi connectivity index (χ2n) is 6.78. The van der Waals surface area contributed by atoms with Crippen LogP contribution in [0.15, 0.2) is 36.7 Å². The molecule has 0 aliphatic carbocycles. The van der Waals surface area contributed by atoms with Crippen molar-refractivity contribution in [1.82, 2.24) is 18.6 Å². The lowest BCUT2D eigenvalue weighted by molar-refractivity contribution is 0.0697. The van der Waals surface area contributed by atoms with Crippen LogP contribution in [0.1, 0.15) is 22.5 Å². The number of aromatic nitrogens is 2. The van der Waals surface area contributed by atoms with Gasteiger partial charge < -0.3 is 5.11 Å². The largest absolute Gasteiger partial charge is 0.478 e. The molecule has 0 spiro atoms. The summed E-state index contributed by atoms with van der Waals surface area (Å²) in [5.41, 5.74) is 2.50. The van der Waals surface area contributed by atoms with Crippen LogP contribution in [0.5, 0.6) is 0 Å². The van der Waals surface area contributed by atoms with Gasteiger partial charge >= 0.3 is 5.97 Å². The van der Waals surface area contributed by atoms with Crippen molar-refractivity contribution in [3.05, 3.63) is 47.9 Å². The molecule has 8 nitrogen and oxygen atoms in total. The third-order valence-electron chi connectivity index (χ3n) is 4.67. The molecule has 0 radical (unpaired) electrons. The van der Waals surface area contributed by atoms with Crippen LogP contribution in [0.3, 0.4) is 0 Å². The van der Waals surface area contributed by atoms with Crippen molar-refractivity contribution in [3.8, 4) is 11.3 Å². The lowest BCUT2D eigenvalue weighted by atomic mass is 10.0. The molecule has 0 amide bonds. The lowest BCUT2D eigenvalue weighted by Crippen LogP contribution is -2.38. The first kappa shape index (κ1) is 19.4. The van der Waals surface area contributed by atoms with Gasteiger partial charge in [0.2, 0.25) is 0 Å². The van der Waals surface area contributed by atoms with E-state index in [0.29, 0.717) is 25.2 Å². The molecule has 2 aromatic rings. The first-order valence-electron chi connectivity index (χ1n) is 8.59. The Morgan fingerprint density at radius 3 is 2.48 bits per heavy atom. The van der Waals surface area contributed by atoms with Gasteiger partial charge in [-0.3, -0.25) is 9.97 Å². The minimum Gasteiger partial charge on any atom is -0.478 e. The third kappa shape index (κ3) is 4.32. The highest BCUT2D eigenvalue weighted by atomic mass is 32.2. The van der Waals surface area contributed by atoms with Crippen LogP contribution < -0.4 is 0 Å². The molecule has 27 heavy (non-hydrogen) atoms. The predicted molar refractivity (Wildman–Crippen MR) is 100 cm³/mol. The topological polar surface area (TPSA) is 104 Å². The fraction of sp³-hybridized carbons (Fsp3) is 0.389. The average molecular weight is 390 g/mol. The van der Waals surface area contributed by atoms with Crippen molar-refractivity contribution in [2.45, 2.75) is 12.8 Å². The quantitative estimate of drug-likeness (QED) is 0.802. The SMILES string of the molecule is CN(C)S(=O)(=O)N1CC[C@H](Cc2cnc(-c3ccc(C(=O)O)cc3)cn2)C1. The Morgan fingerprint density at radius 2 is 1.93 bits per heavy atom. The minimum absolute atomic E-state index is 0.217. The van der Waals surface area contributed by atoms with E-state index in [1.165, 1.54) is 34.8 Å². The first-order chi connectivity index (χ1) is 12.8. The van der Waals surface area contributed by atoms with E-state index in [1.54, 1.807) is 24.5 Å². The summed E-state index contributed by atoms with van der Waals surface area (Å²) >= 11 is 0. The summed E-state index contributed by atoms with van der Waals surface area (Å²) in [6.07, 6.45) is 4.83. The smallest absolute Gasteiger partial charge is 0.335 e. The maximum absolute atomic E-state index is 12.2. The number of nitrogens with zero attached hydrogens (tertiary/aromatic N) is 4. The molecule has 9 heteroatoms. The van der Waals surface area contributed by atoms with Gasteiger partial charge in [0.05, 0.1) is 23.1 Å². The predicted octanol–water partition coefficient (Wildman–Crippen LogP) is 1.51. The molecule has 1 aromatic carbocycles. The monoisotopic (exact) mass is 390 g/mol. The number of hydrogen-bond donors (Lipinski definition) is 1. The molecule has 1 aliphatic heterocycles. The molecule has 1 aliphatic rings. The Balaban J connectivity index is 1.64. The second kappa shape index (κ2) is 7.71. The van der Waals surface area contributed by atoms with Gasteiger partial charge in [-0.15, -0.1) is 0 Å². The summed E-state index contributed by atoms with van der Waals surface area (Å²) in [7, 11) is -0.290. The molecule has 2 heterocycles. The van der Waals surface area contributed by atoms with Crippen molar-refractivity contribution in [1.29, 1.82) is 0 Å². The molecular weight excluding hydrogens is 368 g/mol. The highest BCUT2D eigenvalue weighted by Crippen LogP contribution is 2.24.